The highest BCUT2D eigenvalue weighted by molar-refractivity contribution is 9.10. The van der Waals surface area contributed by atoms with Crippen LogP contribution in [0.2, 0.25) is 0 Å². The molecule has 1 heterocycles. The standard InChI is InChI=1S/C13H21BrN4S/c1-3-15-13-16-8-11(14)12(18-13)17-9-4-6-10(19-2)7-5-9/h8-10H,3-7H2,1-2H3,(H2,15,16,17,18). The monoisotopic (exact) mass is 344 g/mol. The van der Waals surface area contributed by atoms with Crippen LogP contribution in [0.15, 0.2) is 10.7 Å². The second kappa shape index (κ2) is 7.33. The van der Waals surface area contributed by atoms with Crippen LogP contribution in [-0.4, -0.2) is 34.1 Å². The molecule has 19 heavy (non-hydrogen) atoms. The second-order valence-electron chi connectivity index (χ2n) is 4.77. The van der Waals surface area contributed by atoms with E-state index in [4.69, 9.17) is 0 Å². The molecule has 1 aliphatic carbocycles. The lowest BCUT2D eigenvalue weighted by Gasteiger charge is -2.28. The van der Waals surface area contributed by atoms with Crippen molar-refractivity contribution in [2.45, 2.75) is 43.9 Å². The van der Waals surface area contributed by atoms with Gasteiger partial charge in [0, 0.05) is 24.0 Å². The van der Waals surface area contributed by atoms with Crippen molar-refractivity contribution in [3.05, 3.63) is 10.7 Å². The number of thioether (sulfide) groups is 1. The van der Waals surface area contributed by atoms with Gasteiger partial charge < -0.3 is 10.6 Å². The van der Waals surface area contributed by atoms with Crippen molar-refractivity contribution in [1.29, 1.82) is 0 Å². The lowest BCUT2D eigenvalue weighted by Crippen LogP contribution is -2.27. The summed E-state index contributed by atoms with van der Waals surface area (Å²) in [5.41, 5.74) is 0. The predicted molar refractivity (Wildman–Crippen MR) is 87.1 cm³/mol. The number of nitrogens with zero attached hydrogens (tertiary/aromatic N) is 2. The molecule has 0 aliphatic heterocycles. The third-order valence-electron chi connectivity index (χ3n) is 3.43. The van der Waals surface area contributed by atoms with Gasteiger partial charge in [0.2, 0.25) is 5.95 Å². The Balaban J connectivity index is 1.96. The molecule has 1 saturated carbocycles. The van der Waals surface area contributed by atoms with Crippen molar-refractivity contribution in [3.8, 4) is 0 Å². The molecular formula is C13H21BrN4S. The highest BCUT2D eigenvalue weighted by Crippen LogP contribution is 2.30. The van der Waals surface area contributed by atoms with E-state index >= 15 is 0 Å². The zero-order chi connectivity index (χ0) is 13.7. The molecule has 0 saturated heterocycles. The van der Waals surface area contributed by atoms with Gasteiger partial charge in [-0.15, -0.1) is 0 Å². The van der Waals surface area contributed by atoms with Crippen LogP contribution in [0.4, 0.5) is 11.8 Å². The highest BCUT2D eigenvalue weighted by atomic mass is 79.9. The molecule has 2 N–H and O–H groups in total. The van der Waals surface area contributed by atoms with Gasteiger partial charge in [-0.25, -0.2) is 4.98 Å². The molecule has 6 heteroatoms. The number of nitrogens with one attached hydrogen (secondary N) is 2. The van der Waals surface area contributed by atoms with Crippen molar-refractivity contribution in [3.63, 3.8) is 0 Å². The van der Waals surface area contributed by atoms with Crippen molar-refractivity contribution >= 4 is 39.5 Å². The molecule has 0 amide bonds. The SMILES string of the molecule is CCNc1ncc(Br)c(NC2CCC(SC)CC2)n1. The van der Waals surface area contributed by atoms with Crippen molar-refractivity contribution in [2.75, 3.05) is 23.4 Å². The number of aromatic nitrogens is 2. The van der Waals surface area contributed by atoms with Gasteiger partial charge in [-0.2, -0.15) is 16.7 Å². The summed E-state index contributed by atoms with van der Waals surface area (Å²) in [4.78, 5) is 8.74. The summed E-state index contributed by atoms with van der Waals surface area (Å²) < 4.78 is 0.932. The third-order valence-corrected chi connectivity index (χ3v) is 5.15. The van der Waals surface area contributed by atoms with Crippen LogP contribution in [0, 0.1) is 0 Å². The van der Waals surface area contributed by atoms with Crippen LogP contribution in [-0.2, 0) is 0 Å². The molecule has 0 unspecified atom stereocenters. The lowest BCUT2D eigenvalue weighted by atomic mass is 9.95. The van der Waals surface area contributed by atoms with Gasteiger partial charge in [0.05, 0.1) is 4.47 Å². The zero-order valence-electron chi connectivity index (χ0n) is 11.4. The second-order valence-corrected chi connectivity index (χ2v) is 6.77. The third kappa shape index (κ3) is 4.24. The molecule has 0 spiro atoms. The Bertz CT molecular complexity index is 408. The van der Waals surface area contributed by atoms with Gasteiger partial charge in [0.1, 0.15) is 5.82 Å². The molecule has 1 aromatic rings. The minimum atomic E-state index is 0.532. The Morgan fingerprint density at radius 2 is 2.11 bits per heavy atom. The molecule has 2 rings (SSSR count). The highest BCUT2D eigenvalue weighted by Gasteiger charge is 2.21. The van der Waals surface area contributed by atoms with Gasteiger partial charge in [0.25, 0.3) is 0 Å². The largest absolute Gasteiger partial charge is 0.366 e. The first-order valence-electron chi connectivity index (χ1n) is 6.78. The van der Waals surface area contributed by atoms with E-state index in [1.165, 1.54) is 25.7 Å². The average Bonchev–Trinajstić information content (AvgIpc) is 2.44. The quantitative estimate of drug-likeness (QED) is 0.851. The zero-order valence-corrected chi connectivity index (χ0v) is 13.9. The fourth-order valence-electron chi connectivity index (χ4n) is 2.35. The first-order valence-corrected chi connectivity index (χ1v) is 8.86. The summed E-state index contributed by atoms with van der Waals surface area (Å²) in [6.45, 7) is 2.88. The number of halogens is 1. The van der Waals surface area contributed by atoms with Crippen LogP contribution < -0.4 is 10.6 Å². The molecule has 0 radical (unpaired) electrons. The van der Waals surface area contributed by atoms with E-state index in [9.17, 15) is 0 Å². The molecular weight excluding hydrogens is 324 g/mol. The van der Waals surface area contributed by atoms with Crippen LogP contribution in [0.3, 0.4) is 0 Å². The van der Waals surface area contributed by atoms with E-state index in [1.807, 2.05) is 18.7 Å². The van der Waals surface area contributed by atoms with E-state index < -0.39 is 0 Å². The van der Waals surface area contributed by atoms with Crippen LogP contribution in [0.5, 0.6) is 0 Å². The van der Waals surface area contributed by atoms with Gasteiger partial charge in [-0.05, 0) is 54.8 Å². The maximum Gasteiger partial charge on any atom is 0.224 e. The summed E-state index contributed by atoms with van der Waals surface area (Å²) in [5.74, 6) is 1.59. The molecule has 1 aromatic heterocycles. The molecule has 1 aliphatic rings. The Labute approximate surface area is 127 Å². The molecule has 0 atom stereocenters. The fourth-order valence-corrected chi connectivity index (χ4v) is 3.40. The van der Waals surface area contributed by atoms with E-state index in [0.29, 0.717) is 12.0 Å². The van der Waals surface area contributed by atoms with E-state index in [-0.39, 0.29) is 0 Å². The number of hydrogen-bond donors (Lipinski definition) is 2. The van der Waals surface area contributed by atoms with Gasteiger partial charge in [-0.3, -0.25) is 0 Å². The summed E-state index contributed by atoms with van der Waals surface area (Å²) in [5, 5.41) is 7.52. The molecule has 4 nitrogen and oxygen atoms in total. The summed E-state index contributed by atoms with van der Waals surface area (Å²) in [7, 11) is 0. The Morgan fingerprint density at radius 1 is 1.37 bits per heavy atom. The maximum atomic E-state index is 4.51. The Kier molecular flexibility index (Phi) is 5.76. The minimum absolute atomic E-state index is 0.532. The molecule has 1 fully saturated rings. The van der Waals surface area contributed by atoms with Crippen molar-refractivity contribution < 1.29 is 0 Å². The van der Waals surface area contributed by atoms with Gasteiger partial charge >= 0.3 is 0 Å². The molecule has 0 aromatic carbocycles. The smallest absolute Gasteiger partial charge is 0.224 e. The fraction of sp³-hybridized carbons (Fsp3) is 0.692. The summed E-state index contributed by atoms with van der Waals surface area (Å²) in [6.07, 6.45) is 9.04. The minimum Gasteiger partial charge on any atom is -0.366 e. The first kappa shape index (κ1) is 14.9. The molecule has 0 bridgehead atoms. The Hall–Kier alpha value is -0.490. The summed E-state index contributed by atoms with van der Waals surface area (Å²) in [6, 6.07) is 0.532. The number of rotatable bonds is 5. The lowest BCUT2D eigenvalue weighted by molar-refractivity contribution is 0.472. The number of anilines is 2. The summed E-state index contributed by atoms with van der Waals surface area (Å²) >= 11 is 5.51. The normalized spacial score (nSPS) is 23.1. The van der Waals surface area contributed by atoms with Gasteiger partial charge in [0.15, 0.2) is 0 Å². The maximum absolute atomic E-state index is 4.51. The van der Waals surface area contributed by atoms with E-state index in [2.05, 4.69) is 42.8 Å². The van der Waals surface area contributed by atoms with Crippen molar-refractivity contribution in [2.24, 2.45) is 0 Å². The van der Waals surface area contributed by atoms with E-state index in [1.54, 1.807) is 6.20 Å². The van der Waals surface area contributed by atoms with E-state index in [0.717, 1.165) is 22.1 Å². The topological polar surface area (TPSA) is 49.8 Å². The van der Waals surface area contributed by atoms with Gasteiger partial charge in [-0.1, -0.05) is 0 Å². The predicted octanol–water partition coefficient (Wildman–Crippen LogP) is 3.76. The van der Waals surface area contributed by atoms with Crippen LogP contribution in [0.1, 0.15) is 32.6 Å². The average molecular weight is 345 g/mol. The first-order chi connectivity index (χ1) is 9.22. The van der Waals surface area contributed by atoms with Crippen molar-refractivity contribution in [1.82, 2.24) is 9.97 Å². The molecule has 106 valence electrons. The Morgan fingerprint density at radius 3 is 2.74 bits per heavy atom. The van der Waals surface area contributed by atoms with Crippen LogP contribution >= 0.6 is 27.7 Å². The van der Waals surface area contributed by atoms with Crippen LogP contribution in [0.25, 0.3) is 0 Å². The number of hydrogen-bond acceptors (Lipinski definition) is 5.